The van der Waals surface area contributed by atoms with E-state index in [1.165, 1.54) is 385 Å². The van der Waals surface area contributed by atoms with Crippen LogP contribution in [0.2, 0.25) is 0 Å². The lowest BCUT2D eigenvalue weighted by Crippen LogP contribution is -2.53. The highest BCUT2D eigenvalue weighted by Gasteiger charge is 2.28. The van der Waals surface area contributed by atoms with E-state index in [1.54, 1.807) is 0 Å². The summed E-state index contributed by atoms with van der Waals surface area (Å²) in [6.07, 6.45) is 92.5. The molecular formula is C78H155NO5. The van der Waals surface area contributed by atoms with E-state index in [9.17, 15) is 25.2 Å². The van der Waals surface area contributed by atoms with Crippen LogP contribution in [0.1, 0.15) is 450 Å². The third kappa shape index (κ3) is 65.5. The number of carbonyl (C=O) groups excluding carboxylic acids is 1. The quantitative estimate of drug-likeness (QED) is 0.0308. The zero-order valence-electron chi connectivity index (χ0n) is 57.5. The molecule has 6 nitrogen and oxygen atoms in total. The second-order valence-corrected chi connectivity index (χ2v) is 27.4. The fraction of sp³-hybridized carbons (Fsp3) is 0.962. The van der Waals surface area contributed by atoms with Crippen LogP contribution >= 0.6 is 0 Å². The number of carbonyl (C=O) groups is 1. The van der Waals surface area contributed by atoms with Crippen LogP contribution in [-0.4, -0.2) is 57.3 Å². The predicted octanol–water partition coefficient (Wildman–Crippen LogP) is 24.7. The molecule has 0 saturated carbocycles. The van der Waals surface area contributed by atoms with Gasteiger partial charge in [-0.25, -0.2) is 0 Å². The number of amides is 1. The Hall–Kier alpha value is -0.950. The van der Waals surface area contributed by atoms with Crippen molar-refractivity contribution in [2.24, 2.45) is 0 Å². The van der Waals surface area contributed by atoms with Crippen molar-refractivity contribution < 1.29 is 25.2 Å². The van der Waals surface area contributed by atoms with Gasteiger partial charge in [-0.1, -0.05) is 424 Å². The summed E-state index contributed by atoms with van der Waals surface area (Å²) < 4.78 is 0. The standard InChI is InChI=1S/C78H155NO5/c1-3-5-7-9-11-13-15-17-19-21-23-25-27-29-31-33-35-37-38-39-40-42-44-46-48-50-52-54-56-58-60-62-64-66-68-70-72-76(82)78(84)79-74(73-80)77(83)75(81)71-69-67-65-63-61-59-57-55-53-51-49-47-45-43-41-36-34-32-30-28-26-24-22-20-18-16-14-12-10-8-6-4-2/h63,65,74-77,80-83H,3-62,64,66-73H2,1-2H3,(H,79,84)/b65-63+. The van der Waals surface area contributed by atoms with Crippen molar-refractivity contribution in [1.82, 2.24) is 5.32 Å². The zero-order valence-corrected chi connectivity index (χ0v) is 57.5. The van der Waals surface area contributed by atoms with Gasteiger partial charge in [-0.15, -0.1) is 0 Å². The maximum atomic E-state index is 12.7. The van der Waals surface area contributed by atoms with E-state index in [4.69, 9.17) is 0 Å². The fourth-order valence-corrected chi connectivity index (χ4v) is 12.9. The van der Waals surface area contributed by atoms with Crippen molar-refractivity contribution in [2.45, 2.75) is 475 Å². The second kappa shape index (κ2) is 72.8. The van der Waals surface area contributed by atoms with Gasteiger partial charge in [-0.05, 0) is 38.5 Å². The van der Waals surface area contributed by atoms with Crippen molar-refractivity contribution in [1.29, 1.82) is 0 Å². The molecule has 0 saturated heterocycles. The third-order valence-corrected chi connectivity index (χ3v) is 19.0. The van der Waals surface area contributed by atoms with Crippen molar-refractivity contribution in [2.75, 3.05) is 6.61 Å². The normalized spacial score (nSPS) is 13.4. The number of unbranched alkanes of at least 4 members (excludes halogenated alkanes) is 63. The number of allylic oxidation sites excluding steroid dienone is 2. The monoisotopic (exact) mass is 1190 g/mol. The number of nitrogens with one attached hydrogen (secondary N) is 1. The number of aliphatic hydroxyl groups excluding tert-OH is 4. The largest absolute Gasteiger partial charge is 0.394 e. The van der Waals surface area contributed by atoms with E-state index in [0.29, 0.717) is 12.8 Å². The molecule has 84 heavy (non-hydrogen) atoms. The van der Waals surface area contributed by atoms with Crippen LogP contribution in [0.4, 0.5) is 0 Å². The summed E-state index contributed by atoms with van der Waals surface area (Å²) in [7, 11) is 0. The first kappa shape index (κ1) is 83.1. The lowest BCUT2D eigenvalue weighted by Gasteiger charge is -2.27. The average molecular weight is 1190 g/mol. The predicted molar refractivity (Wildman–Crippen MR) is 371 cm³/mol. The third-order valence-electron chi connectivity index (χ3n) is 19.0. The van der Waals surface area contributed by atoms with Crippen LogP contribution in [-0.2, 0) is 4.79 Å². The SMILES string of the molecule is CCCCCCCCCCCCCCCCCCCCCCCCCCCCC/C=C/CCCC(O)C(O)C(CO)NC(=O)C(O)CCCCCCCCCCCCCCCCCCCCCCCCCCCCCCCCCCCCCC. The van der Waals surface area contributed by atoms with Crippen molar-refractivity contribution in [3.63, 3.8) is 0 Å². The average Bonchev–Trinajstić information content (AvgIpc) is 3.55. The Morgan fingerprint density at radius 3 is 0.714 bits per heavy atom. The molecule has 0 aromatic heterocycles. The summed E-state index contributed by atoms with van der Waals surface area (Å²) in [6, 6.07) is -1.00. The van der Waals surface area contributed by atoms with E-state index >= 15 is 0 Å². The first-order valence-electron chi connectivity index (χ1n) is 39.1. The van der Waals surface area contributed by atoms with E-state index < -0.39 is 36.9 Å². The lowest BCUT2D eigenvalue weighted by molar-refractivity contribution is -0.132. The number of aliphatic hydroxyl groups is 4. The molecule has 0 spiro atoms. The topological polar surface area (TPSA) is 110 Å². The van der Waals surface area contributed by atoms with Gasteiger partial charge in [0.2, 0.25) is 5.91 Å². The van der Waals surface area contributed by atoms with Gasteiger partial charge in [0.1, 0.15) is 12.2 Å². The van der Waals surface area contributed by atoms with Crippen LogP contribution in [0.15, 0.2) is 12.2 Å². The molecule has 0 fully saturated rings. The molecule has 0 rings (SSSR count). The van der Waals surface area contributed by atoms with Crippen LogP contribution in [0.3, 0.4) is 0 Å². The smallest absolute Gasteiger partial charge is 0.249 e. The number of hydrogen-bond acceptors (Lipinski definition) is 5. The Morgan fingerprint density at radius 2 is 0.488 bits per heavy atom. The van der Waals surface area contributed by atoms with E-state index in [1.807, 2.05) is 0 Å². The highest BCUT2D eigenvalue weighted by molar-refractivity contribution is 5.80. The van der Waals surface area contributed by atoms with E-state index in [0.717, 1.165) is 38.5 Å². The first-order valence-corrected chi connectivity index (χ1v) is 39.1. The summed E-state index contributed by atoms with van der Waals surface area (Å²) in [5, 5.41) is 44.3. The molecule has 0 aromatic rings. The second-order valence-electron chi connectivity index (χ2n) is 27.4. The van der Waals surface area contributed by atoms with Gasteiger partial charge in [-0.3, -0.25) is 4.79 Å². The highest BCUT2D eigenvalue weighted by atomic mass is 16.3. The highest BCUT2D eigenvalue weighted by Crippen LogP contribution is 2.21. The molecule has 4 unspecified atom stereocenters. The van der Waals surface area contributed by atoms with Crippen molar-refractivity contribution in [3.05, 3.63) is 12.2 Å². The summed E-state index contributed by atoms with van der Waals surface area (Å²) in [5.74, 6) is -0.583. The van der Waals surface area contributed by atoms with Gasteiger partial charge in [0.05, 0.1) is 18.8 Å². The van der Waals surface area contributed by atoms with Crippen molar-refractivity contribution in [3.8, 4) is 0 Å². The molecule has 502 valence electrons. The molecule has 4 atom stereocenters. The Bertz CT molecular complexity index is 1240. The van der Waals surface area contributed by atoms with E-state index in [2.05, 4.69) is 31.3 Å². The molecule has 0 radical (unpaired) electrons. The van der Waals surface area contributed by atoms with E-state index in [-0.39, 0.29) is 0 Å². The summed E-state index contributed by atoms with van der Waals surface area (Å²) in [6.45, 7) is 4.11. The Kier molecular flexibility index (Phi) is 72.0. The van der Waals surface area contributed by atoms with Gasteiger partial charge in [-0.2, -0.15) is 0 Å². The first-order chi connectivity index (χ1) is 41.5. The minimum Gasteiger partial charge on any atom is -0.394 e. The van der Waals surface area contributed by atoms with Gasteiger partial charge >= 0.3 is 0 Å². The molecule has 0 aliphatic rings. The van der Waals surface area contributed by atoms with Crippen LogP contribution < -0.4 is 5.32 Å². The number of hydrogen-bond donors (Lipinski definition) is 5. The maximum Gasteiger partial charge on any atom is 0.249 e. The van der Waals surface area contributed by atoms with Gasteiger partial charge in [0.15, 0.2) is 0 Å². The maximum absolute atomic E-state index is 12.7. The minimum absolute atomic E-state index is 0.369. The van der Waals surface area contributed by atoms with Crippen molar-refractivity contribution >= 4 is 5.91 Å². The molecule has 5 N–H and O–H groups in total. The molecule has 0 bridgehead atoms. The van der Waals surface area contributed by atoms with Crippen LogP contribution in [0, 0.1) is 0 Å². The molecule has 0 aromatic carbocycles. The molecule has 0 aliphatic heterocycles. The Labute approximate surface area is 527 Å². The molecular weight excluding hydrogens is 1030 g/mol. The van der Waals surface area contributed by atoms with Crippen LogP contribution in [0.5, 0.6) is 0 Å². The molecule has 1 amide bonds. The van der Waals surface area contributed by atoms with Gasteiger partial charge in [0, 0.05) is 0 Å². The number of rotatable bonds is 74. The molecule has 0 aliphatic carbocycles. The van der Waals surface area contributed by atoms with Crippen LogP contribution in [0.25, 0.3) is 0 Å². The van der Waals surface area contributed by atoms with Gasteiger partial charge in [0.25, 0.3) is 0 Å². The zero-order chi connectivity index (χ0) is 60.8. The molecule has 6 heteroatoms. The minimum atomic E-state index is -1.28. The summed E-state index contributed by atoms with van der Waals surface area (Å²) in [4.78, 5) is 12.7. The summed E-state index contributed by atoms with van der Waals surface area (Å²) in [5.41, 5.74) is 0. The summed E-state index contributed by atoms with van der Waals surface area (Å²) >= 11 is 0. The Morgan fingerprint density at radius 1 is 0.286 bits per heavy atom. The fourth-order valence-electron chi connectivity index (χ4n) is 12.9. The Balaban J connectivity index is 3.50. The lowest BCUT2D eigenvalue weighted by atomic mass is 10.00. The molecule has 0 heterocycles. The van der Waals surface area contributed by atoms with Gasteiger partial charge < -0.3 is 25.7 Å².